The van der Waals surface area contributed by atoms with Gasteiger partial charge in [-0.3, -0.25) is 4.79 Å². The number of carbonyl (C=O) groups is 1. The summed E-state index contributed by atoms with van der Waals surface area (Å²) in [5.74, 6) is 0.523. The molecule has 0 aromatic heterocycles. The minimum absolute atomic E-state index is 0.250. The van der Waals surface area contributed by atoms with E-state index in [2.05, 4.69) is 5.18 Å². The van der Waals surface area contributed by atoms with Crippen LogP contribution in [0.25, 0.3) is 0 Å². The van der Waals surface area contributed by atoms with Crippen molar-refractivity contribution in [3.05, 3.63) is 65.1 Å². The summed E-state index contributed by atoms with van der Waals surface area (Å²) in [6.45, 7) is 0. The van der Waals surface area contributed by atoms with Gasteiger partial charge in [0.1, 0.15) is 11.5 Å². The first-order valence-corrected chi connectivity index (χ1v) is 5.00. The zero-order valence-electron chi connectivity index (χ0n) is 8.87. The van der Waals surface area contributed by atoms with Crippen LogP contribution >= 0.6 is 0 Å². The lowest BCUT2D eigenvalue weighted by molar-refractivity contribution is 0.100. The Morgan fingerprint density at radius 3 is 2.06 bits per heavy atom. The molecular weight excluding hydrogens is 218 g/mol. The molecule has 4 nitrogen and oxygen atoms in total. The largest absolute Gasteiger partial charge is 0.457 e. The molecule has 0 heterocycles. The number of nitroso groups, excluding NO2 is 1. The summed E-state index contributed by atoms with van der Waals surface area (Å²) >= 11 is 0. The molecule has 0 unspecified atom stereocenters. The standard InChI is InChI=1S/C13H9NO3/c15-13(14-16)10-6-8-12(9-7-10)17-11-4-2-1-3-5-11/h1-9H. The second-order valence-corrected chi connectivity index (χ2v) is 3.34. The van der Waals surface area contributed by atoms with Crippen molar-refractivity contribution in [3.8, 4) is 11.5 Å². The second-order valence-electron chi connectivity index (χ2n) is 3.34. The highest BCUT2D eigenvalue weighted by Crippen LogP contribution is 2.21. The summed E-state index contributed by atoms with van der Waals surface area (Å²) in [5.41, 5.74) is 0.250. The molecule has 2 aromatic carbocycles. The number of amides is 1. The van der Waals surface area contributed by atoms with Gasteiger partial charge >= 0.3 is 5.91 Å². The summed E-state index contributed by atoms with van der Waals surface area (Å²) in [4.78, 5) is 21.0. The zero-order valence-corrected chi connectivity index (χ0v) is 8.87. The summed E-state index contributed by atoms with van der Waals surface area (Å²) in [5, 5.41) is 2.34. The number of para-hydroxylation sites is 1. The van der Waals surface area contributed by atoms with E-state index in [0.29, 0.717) is 11.5 Å². The van der Waals surface area contributed by atoms with Crippen molar-refractivity contribution >= 4 is 5.91 Å². The van der Waals surface area contributed by atoms with Crippen LogP contribution in [0.15, 0.2) is 59.8 Å². The van der Waals surface area contributed by atoms with Gasteiger partial charge in [-0.1, -0.05) is 18.2 Å². The fraction of sp³-hybridized carbons (Fsp3) is 0. The summed E-state index contributed by atoms with van der Waals surface area (Å²) in [6.07, 6.45) is 0. The SMILES string of the molecule is O=NC(=O)c1ccc(Oc2ccccc2)cc1. The quantitative estimate of drug-likeness (QED) is 0.755. The van der Waals surface area contributed by atoms with E-state index in [1.54, 1.807) is 12.1 Å². The van der Waals surface area contributed by atoms with Gasteiger partial charge in [0.25, 0.3) is 0 Å². The van der Waals surface area contributed by atoms with Gasteiger partial charge in [-0.15, -0.1) is 4.91 Å². The number of hydrogen-bond acceptors (Lipinski definition) is 3. The molecule has 1 amide bonds. The first kappa shape index (κ1) is 11.0. The molecule has 0 bridgehead atoms. The molecule has 0 fully saturated rings. The molecule has 0 aliphatic heterocycles. The Kier molecular flexibility index (Phi) is 3.25. The highest BCUT2D eigenvalue weighted by molar-refractivity contribution is 5.94. The first-order valence-electron chi connectivity index (χ1n) is 5.00. The predicted octanol–water partition coefficient (Wildman–Crippen LogP) is 3.39. The molecule has 0 N–H and O–H groups in total. The molecule has 0 atom stereocenters. The average Bonchev–Trinajstić information content (AvgIpc) is 2.40. The van der Waals surface area contributed by atoms with Gasteiger partial charge in [-0.25, -0.2) is 0 Å². The Morgan fingerprint density at radius 2 is 1.47 bits per heavy atom. The fourth-order valence-corrected chi connectivity index (χ4v) is 1.34. The Hall–Kier alpha value is -2.49. The average molecular weight is 227 g/mol. The first-order chi connectivity index (χ1) is 8.29. The molecule has 17 heavy (non-hydrogen) atoms. The number of hydrogen-bond donors (Lipinski definition) is 0. The van der Waals surface area contributed by atoms with E-state index in [4.69, 9.17) is 4.74 Å². The molecule has 0 spiro atoms. The van der Waals surface area contributed by atoms with Gasteiger partial charge in [0.2, 0.25) is 0 Å². The highest BCUT2D eigenvalue weighted by atomic mass is 16.5. The molecule has 2 rings (SSSR count). The van der Waals surface area contributed by atoms with E-state index in [1.165, 1.54) is 12.1 Å². The topological polar surface area (TPSA) is 55.7 Å². The van der Waals surface area contributed by atoms with Gasteiger partial charge in [0.05, 0.1) is 0 Å². The van der Waals surface area contributed by atoms with Gasteiger partial charge in [0.15, 0.2) is 0 Å². The van der Waals surface area contributed by atoms with Crippen molar-refractivity contribution in [1.82, 2.24) is 0 Å². The van der Waals surface area contributed by atoms with Crippen molar-refractivity contribution in [2.45, 2.75) is 0 Å². The van der Waals surface area contributed by atoms with E-state index in [1.807, 2.05) is 30.3 Å². The van der Waals surface area contributed by atoms with Gasteiger partial charge < -0.3 is 4.74 Å². The Balaban J connectivity index is 2.14. The summed E-state index contributed by atoms with van der Waals surface area (Å²) < 4.78 is 5.53. The van der Waals surface area contributed by atoms with Gasteiger partial charge in [0, 0.05) is 10.7 Å². The third-order valence-electron chi connectivity index (χ3n) is 2.16. The maximum Gasteiger partial charge on any atom is 0.316 e. The second kappa shape index (κ2) is 5.03. The number of benzene rings is 2. The number of ether oxygens (including phenoxy) is 1. The third-order valence-corrected chi connectivity index (χ3v) is 2.16. The lowest BCUT2D eigenvalue weighted by Crippen LogP contribution is -1.92. The third kappa shape index (κ3) is 2.75. The number of rotatable bonds is 3. The fourth-order valence-electron chi connectivity index (χ4n) is 1.34. The summed E-state index contributed by atoms with van der Waals surface area (Å²) in [7, 11) is 0. The van der Waals surface area contributed by atoms with Crippen LogP contribution in [0.4, 0.5) is 0 Å². The molecule has 0 saturated heterocycles. The Labute approximate surface area is 97.8 Å². The summed E-state index contributed by atoms with van der Waals surface area (Å²) in [6, 6.07) is 15.5. The molecular formula is C13H9NO3. The normalized spacial score (nSPS) is 9.65. The van der Waals surface area contributed by atoms with E-state index >= 15 is 0 Å². The lowest BCUT2D eigenvalue weighted by Gasteiger charge is -2.04. The van der Waals surface area contributed by atoms with Gasteiger partial charge in [-0.05, 0) is 36.4 Å². The maximum absolute atomic E-state index is 11.0. The molecule has 0 aliphatic carbocycles. The van der Waals surface area contributed by atoms with E-state index < -0.39 is 5.91 Å². The maximum atomic E-state index is 11.0. The van der Waals surface area contributed by atoms with Crippen LogP contribution in [0.5, 0.6) is 11.5 Å². The minimum Gasteiger partial charge on any atom is -0.457 e. The van der Waals surface area contributed by atoms with Crippen molar-refractivity contribution in [3.63, 3.8) is 0 Å². The number of nitrogens with zero attached hydrogens (tertiary/aromatic N) is 1. The van der Waals surface area contributed by atoms with Crippen molar-refractivity contribution < 1.29 is 9.53 Å². The predicted molar refractivity (Wildman–Crippen MR) is 63.1 cm³/mol. The molecule has 0 aliphatic rings. The molecule has 0 radical (unpaired) electrons. The smallest absolute Gasteiger partial charge is 0.316 e. The molecule has 84 valence electrons. The minimum atomic E-state index is -0.781. The van der Waals surface area contributed by atoms with Crippen LogP contribution in [0.2, 0.25) is 0 Å². The Bertz CT molecular complexity index is 520. The van der Waals surface area contributed by atoms with Crippen LogP contribution in [0.3, 0.4) is 0 Å². The molecule has 2 aromatic rings. The van der Waals surface area contributed by atoms with Crippen LogP contribution in [0.1, 0.15) is 10.4 Å². The van der Waals surface area contributed by atoms with Crippen LogP contribution in [-0.4, -0.2) is 5.91 Å². The van der Waals surface area contributed by atoms with Crippen LogP contribution in [-0.2, 0) is 0 Å². The monoisotopic (exact) mass is 227 g/mol. The van der Waals surface area contributed by atoms with E-state index in [-0.39, 0.29) is 5.56 Å². The van der Waals surface area contributed by atoms with Crippen LogP contribution in [0, 0.1) is 4.91 Å². The van der Waals surface area contributed by atoms with Gasteiger partial charge in [-0.2, -0.15) is 0 Å². The molecule has 0 saturated carbocycles. The van der Waals surface area contributed by atoms with Crippen molar-refractivity contribution in [2.24, 2.45) is 5.18 Å². The van der Waals surface area contributed by atoms with E-state index in [9.17, 15) is 9.70 Å². The van der Waals surface area contributed by atoms with Crippen molar-refractivity contribution in [2.75, 3.05) is 0 Å². The van der Waals surface area contributed by atoms with E-state index in [0.717, 1.165) is 0 Å². The van der Waals surface area contributed by atoms with Crippen molar-refractivity contribution in [1.29, 1.82) is 0 Å². The highest BCUT2D eigenvalue weighted by Gasteiger charge is 2.05. The Morgan fingerprint density at radius 1 is 0.882 bits per heavy atom. The molecule has 4 heteroatoms. The number of carbonyl (C=O) groups excluding carboxylic acids is 1. The lowest BCUT2D eigenvalue weighted by atomic mass is 10.2. The zero-order chi connectivity index (χ0) is 12.1. The van der Waals surface area contributed by atoms with Crippen LogP contribution < -0.4 is 4.74 Å².